The van der Waals surface area contributed by atoms with Crippen molar-refractivity contribution in [3.63, 3.8) is 0 Å². The number of carbonyl (C=O) groups excluding carboxylic acids is 1. The fraction of sp³-hybridized carbons (Fsp3) is 0.500. The molecule has 4 rings (SSSR count). The summed E-state index contributed by atoms with van der Waals surface area (Å²) in [6.45, 7) is 5.39. The van der Waals surface area contributed by atoms with Crippen LogP contribution < -0.4 is 11.1 Å². The average molecular weight is 492 g/mol. The molecule has 2 aliphatic rings. The molecule has 8 heteroatoms. The Bertz CT molecular complexity index is 1050. The van der Waals surface area contributed by atoms with Gasteiger partial charge in [-0.25, -0.2) is 0 Å². The topological polar surface area (TPSA) is 126 Å². The quantitative estimate of drug-likeness (QED) is 0.459. The average Bonchev–Trinajstić information content (AvgIpc) is 2.85. The summed E-state index contributed by atoms with van der Waals surface area (Å²) in [5, 5.41) is 32.1. The van der Waals surface area contributed by atoms with E-state index in [1.807, 2.05) is 24.3 Å². The first-order valence-corrected chi connectivity index (χ1v) is 12.7. The van der Waals surface area contributed by atoms with Gasteiger partial charge in [-0.3, -0.25) is 9.69 Å². The molecule has 1 aliphatic carbocycles. The Balaban J connectivity index is 1.33. The van der Waals surface area contributed by atoms with E-state index < -0.39 is 29.7 Å². The number of hydrogen-bond donors (Lipinski definition) is 4. The first-order chi connectivity index (χ1) is 17.2. The van der Waals surface area contributed by atoms with Crippen LogP contribution in [0.5, 0.6) is 0 Å². The number of amides is 1. The van der Waals surface area contributed by atoms with E-state index in [1.165, 1.54) is 5.56 Å². The molecular formula is C28H37N5O3. The van der Waals surface area contributed by atoms with Crippen LogP contribution in [0.2, 0.25) is 0 Å². The van der Waals surface area contributed by atoms with Gasteiger partial charge < -0.3 is 26.2 Å². The maximum atomic E-state index is 12.8. The highest BCUT2D eigenvalue weighted by atomic mass is 16.3. The number of rotatable bonds is 7. The summed E-state index contributed by atoms with van der Waals surface area (Å²) in [5.74, 6) is -0.514. The van der Waals surface area contributed by atoms with E-state index in [2.05, 4.69) is 52.5 Å². The lowest BCUT2D eigenvalue weighted by Gasteiger charge is -2.37. The van der Waals surface area contributed by atoms with Crippen LogP contribution in [0.1, 0.15) is 30.4 Å². The molecule has 2 aromatic rings. The summed E-state index contributed by atoms with van der Waals surface area (Å²) >= 11 is 0. The van der Waals surface area contributed by atoms with Crippen molar-refractivity contribution in [1.29, 1.82) is 5.26 Å². The minimum atomic E-state index is -1.38. The Labute approximate surface area is 213 Å². The fourth-order valence-electron chi connectivity index (χ4n) is 5.16. The molecule has 0 aromatic heterocycles. The summed E-state index contributed by atoms with van der Waals surface area (Å²) in [6, 6.07) is 18.0. The highest BCUT2D eigenvalue weighted by Crippen LogP contribution is 2.27. The van der Waals surface area contributed by atoms with Gasteiger partial charge in [-0.15, -0.1) is 0 Å². The zero-order chi connectivity index (χ0) is 25.7. The molecule has 192 valence electrons. The van der Waals surface area contributed by atoms with Gasteiger partial charge in [0.25, 0.3) is 0 Å². The second-order valence-corrected chi connectivity index (χ2v) is 10.4. The molecule has 1 saturated carbocycles. The van der Waals surface area contributed by atoms with Crippen molar-refractivity contribution in [2.24, 2.45) is 5.73 Å². The van der Waals surface area contributed by atoms with Crippen LogP contribution in [0.4, 0.5) is 0 Å². The van der Waals surface area contributed by atoms with E-state index in [-0.39, 0.29) is 19.3 Å². The van der Waals surface area contributed by atoms with Gasteiger partial charge in [-0.2, -0.15) is 5.26 Å². The molecule has 0 bridgehead atoms. The minimum Gasteiger partial charge on any atom is -0.393 e. The van der Waals surface area contributed by atoms with Crippen molar-refractivity contribution >= 4 is 5.91 Å². The summed E-state index contributed by atoms with van der Waals surface area (Å²) in [4.78, 5) is 17.6. The van der Waals surface area contributed by atoms with Crippen LogP contribution in [0.3, 0.4) is 0 Å². The van der Waals surface area contributed by atoms with Crippen molar-refractivity contribution in [2.75, 3.05) is 33.2 Å². The largest absolute Gasteiger partial charge is 0.393 e. The van der Waals surface area contributed by atoms with Crippen molar-refractivity contribution < 1.29 is 15.0 Å². The Morgan fingerprint density at radius 3 is 2.08 bits per heavy atom. The first kappa shape index (κ1) is 26.3. The van der Waals surface area contributed by atoms with Gasteiger partial charge in [-0.1, -0.05) is 48.5 Å². The molecule has 1 heterocycles. The molecule has 8 nitrogen and oxygen atoms in total. The number of aliphatic hydroxyl groups is 2. The van der Waals surface area contributed by atoms with Crippen molar-refractivity contribution in [3.8, 4) is 17.2 Å². The third-order valence-corrected chi connectivity index (χ3v) is 7.34. The van der Waals surface area contributed by atoms with Gasteiger partial charge in [0.05, 0.1) is 18.3 Å². The van der Waals surface area contributed by atoms with E-state index in [0.29, 0.717) is 6.42 Å². The monoisotopic (exact) mass is 491 g/mol. The third-order valence-electron chi connectivity index (χ3n) is 7.34. The molecule has 1 aliphatic heterocycles. The first-order valence-electron chi connectivity index (χ1n) is 12.7. The van der Waals surface area contributed by atoms with E-state index >= 15 is 0 Å². The standard InChI is InChI=1S/C28H37N5O3/c1-32-10-12-33(13-11-32)19-21-4-8-23(9-5-21)22-6-2-20(3-7-22)14-24(18-29)31-27(36)28(30)16-25(34)15-26(35)17-28/h2-9,24-26,34-35H,10-17,19,30H2,1H3,(H,31,36)/t24-,25?,26?,28?/m0/s1. The molecule has 3 atom stereocenters. The van der Waals surface area contributed by atoms with Crippen molar-refractivity contribution in [2.45, 2.75) is 56.0 Å². The van der Waals surface area contributed by atoms with E-state index in [9.17, 15) is 20.3 Å². The number of nitrogens with two attached hydrogens (primary N) is 1. The van der Waals surface area contributed by atoms with Crippen LogP contribution in [-0.4, -0.2) is 82.9 Å². The number of nitrogens with zero attached hydrogens (tertiary/aromatic N) is 3. The maximum Gasteiger partial charge on any atom is 0.241 e. The number of nitriles is 1. The molecule has 0 radical (unpaired) electrons. The number of piperazine rings is 1. The van der Waals surface area contributed by atoms with Crippen LogP contribution in [0, 0.1) is 11.3 Å². The number of carbonyl (C=O) groups is 1. The molecule has 0 spiro atoms. The fourth-order valence-corrected chi connectivity index (χ4v) is 5.16. The van der Waals surface area contributed by atoms with Gasteiger partial charge >= 0.3 is 0 Å². The predicted octanol–water partition coefficient (Wildman–Crippen LogP) is 1.26. The second kappa shape index (κ2) is 11.5. The molecular weight excluding hydrogens is 454 g/mol. The Morgan fingerprint density at radius 2 is 1.56 bits per heavy atom. The lowest BCUT2D eigenvalue weighted by molar-refractivity contribution is -0.131. The highest BCUT2D eigenvalue weighted by Gasteiger charge is 2.43. The maximum absolute atomic E-state index is 12.8. The van der Waals surface area contributed by atoms with Gasteiger partial charge in [0.15, 0.2) is 0 Å². The number of hydrogen-bond acceptors (Lipinski definition) is 7. The summed E-state index contributed by atoms with van der Waals surface area (Å²) in [6.07, 6.45) is -0.988. The molecule has 5 N–H and O–H groups in total. The number of aliphatic hydroxyl groups excluding tert-OH is 2. The second-order valence-electron chi connectivity index (χ2n) is 10.4. The zero-order valence-electron chi connectivity index (χ0n) is 20.9. The van der Waals surface area contributed by atoms with E-state index in [0.717, 1.165) is 49.4 Å². The summed E-state index contributed by atoms with van der Waals surface area (Å²) < 4.78 is 0. The predicted molar refractivity (Wildman–Crippen MR) is 139 cm³/mol. The summed E-state index contributed by atoms with van der Waals surface area (Å²) in [7, 11) is 2.17. The molecule has 1 saturated heterocycles. The lowest BCUT2D eigenvalue weighted by Crippen LogP contribution is -2.61. The lowest BCUT2D eigenvalue weighted by atomic mass is 9.78. The van der Waals surface area contributed by atoms with Gasteiger partial charge in [0.1, 0.15) is 11.6 Å². The Hall–Kier alpha value is -2.80. The highest BCUT2D eigenvalue weighted by molar-refractivity contribution is 5.87. The number of likely N-dealkylation sites (N-methyl/N-ethyl adjacent to an activating group) is 1. The van der Waals surface area contributed by atoms with Crippen LogP contribution in [-0.2, 0) is 17.8 Å². The van der Waals surface area contributed by atoms with Crippen molar-refractivity contribution in [1.82, 2.24) is 15.1 Å². The Morgan fingerprint density at radius 1 is 1.03 bits per heavy atom. The van der Waals surface area contributed by atoms with E-state index in [4.69, 9.17) is 5.73 Å². The molecule has 1 amide bonds. The smallest absolute Gasteiger partial charge is 0.241 e. The SMILES string of the molecule is CN1CCN(Cc2ccc(-c3ccc(C[C@@H](C#N)NC(=O)C4(N)CC(O)CC(O)C4)cc3)cc2)CC1. The van der Waals surface area contributed by atoms with Crippen LogP contribution >= 0.6 is 0 Å². The van der Waals surface area contributed by atoms with Gasteiger partial charge in [0, 0.05) is 52.0 Å². The van der Waals surface area contributed by atoms with Crippen LogP contribution in [0.15, 0.2) is 48.5 Å². The zero-order valence-corrected chi connectivity index (χ0v) is 20.9. The van der Waals surface area contributed by atoms with Gasteiger partial charge in [-0.05, 0) is 35.7 Å². The normalized spacial score (nSPS) is 26.2. The minimum absolute atomic E-state index is 0.0664. The summed E-state index contributed by atoms with van der Waals surface area (Å²) in [5.41, 5.74) is 9.26. The third kappa shape index (κ3) is 6.69. The molecule has 2 unspecified atom stereocenters. The number of nitrogens with one attached hydrogen (secondary N) is 1. The number of benzene rings is 2. The van der Waals surface area contributed by atoms with E-state index in [1.54, 1.807) is 0 Å². The van der Waals surface area contributed by atoms with Crippen LogP contribution in [0.25, 0.3) is 11.1 Å². The molecule has 2 fully saturated rings. The molecule has 2 aromatic carbocycles. The molecule has 36 heavy (non-hydrogen) atoms. The Kier molecular flexibility index (Phi) is 8.39. The van der Waals surface area contributed by atoms with Gasteiger partial charge in [0.2, 0.25) is 5.91 Å². The van der Waals surface area contributed by atoms with Crippen molar-refractivity contribution in [3.05, 3.63) is 59.7 Å².